The summed E-state index contributed by atoms with van der Waals surface area (Å²) in [6.07, 6.45) is 4.54. The van der Waals surface area contributed by atoms with Crippen molar-refractivity contribution >= 4 is 23.2 Å². The highest BCUT2D eigenvalue weighted by Crippen LogP contribution is 2.32. The van der Waals surface area contributed by atoms with Gasteiger partial charge in [0.25, 0.3) is 0 Å². The number of rotatable bonds is 3. The van der Waals surface area contributed by atoms with Crippen molar-refractivity contribution in [3.05, 3.63) is 65.2 Å². The van der Waals surface area contributed by atoms with Crippen LogP contribution in [0.5, 0.6) is 0 Å². The standard InChI is InChI=1S/C19H22ClN3/c20-16-7-4-8-18(13-16)23-19(21)22-17-11-9-15(10-12-17)14-5-2-1-3-6-14/h1-8,13,15,17H,9-12H2,(H3,21,22,23). The Bertz CT molecular complexity index is 649. The number of halogens is 1. The molecule has 0 aromatic heterocycles. The van der Waals surface area contributed by atoms with Gasteiger partial charge < -0.3 is 10.6 Å². The van der Waals surface area contributed by atoms with Crippen molar-refractivity contribution in [2.75, 3.05) is 5.32 Å². The quantitative estimate of drug-likeness (QED) is 0.548. The molecule has 3 N–H and O–H groups in total. The van der Waals surface area contributed by atoms with Crippen LogP contribution in [0, 0.1) is 5.41 Å². The maximum absolute atomic E-state index is 8.08. The molecule has 0 saturated heterocycles. The van der Waals surface area contributed by atoms with E-state index < -0.39 is 0 Å². The van der Waals surface area contributed by atoms with Crippen LogP contribution in [0.25, 0.3) is 0 Å². The topological polar surface area (TPSA) is 47.9 Å². The molecule has 120 valence electrons. The third-order valence-corrected chi connectivity index (χ3v) is 4.68. The van der Waals surface area contributed by atoms with Gasteiger partial charge in [-0.05, 0) is 55.4 Å². The third-order valence-electron chi connectivity index (χ3n) is 4.44. The lowest BCUT2D eigenvalue weighted by atomic mass is 9.82. The highest BCUT2D eigenvalue weighted by Gasteiger charge is 2.22. The van der Waals surface area contributed by atoms with Gasteiger partial charge in [0.05, 0.1) is 0 Å². The van der Waals surface area contributed by atoms with Gasteiger partial charge in [-0.2, -0.15) is 0 Å². The van der Waals surface area contributed by atoms with Crippen LogP contribution in [0.1, 0.15) is 37.2 Å². The van der Waals surface area contributed by atoms with Gasteiger partial charge >= 0.3 is 0 Å². The molecule has 3 nitrogen and oxygen atoms in total. The second kappa shape index (κ2) is 7.51. The Balaban J connectivity index is 1.48. The van der Waals surface area contributed by atoms with E-state index in [-0.39, 0.29) is 0 Å². The van der Waals surface area contributed by atoms with Crippen LogP contribution >= 0.6 is 11.6 Å². The lowest BCUT2D eigenvalue weighted by Crippen LogP contribution is -2.40. The van der Waals surface area contributed by atoms with E-state index in [1.807, 2.05) is 24.3 Å². The van der Waals surface area contributed by atoms with Crippen molar-refractivity contribution < 1.29 is 0 Å². The lowest BCUT2D eigenvalue weighted by molar-refractivity contribution is 0.373. The normalized spacial score (nSPS) is 20.7. The van der Waals surface area contributed by atoms with Crippen molar-refractivity contribution in [1.29, 1.82) is 5.41 Å². The number of hydrogen-bond donors (Lipinski definition) is 3. The van der Waals surface area contributed by atoms with E-state index in [4.69, 9.17) is 17.0 Å². The van der Waals surface area contributed by atoms with Gasteiger partial charge in [-0.25, -0.2) is 0 Å². The third kappa shape index (κ3) is 4.49. The first-order chi connectivity index (χ1) is 11.2. The van der Waals surface area contributed by atoms with Gasteiger partial charge in [-0.1, -0.05) is 48.0 Å². The Hall–Kier alpha value is -2.00. The first-order valence-electron chi connectivity index (χ1n) is 8.13. The number of benzene rings is 2. The minimum absolute atomic E-state index is 0.343. The van der Waals surface area contributed by atoms with E-state index in [1.165, 1.54) is 18.4 Å². The monoisotopic (exact) mass is 327 g/mol. The summed E-state index contributed by atoms with van der Waals surface area (Å²) in [5.41, 5.74) is 2.28. The maximum Gasteiger partial charge on any atom is 0.193 e. The smallest absolute Gasteiger partial charge is 0.193 e. The van der Waals surface area contributed by atoms with Gasteiger partial charge in [0.2, 0.25) is 0 Å². The first-order valence-corrected chi connectivity index (χ1v) is 8.51. The Labute approximate surface area is 142 Å². The summed E-state index contributed by atoms with van der Waals surface area (Å²) in [7, 11) is 0. The molecule has 0 bridgehead atoms. The van der Waals surface area contributed by atoms with Gasteiger partial charge in [0.1, 0.15) is 0 Å². The lowest BCUT2D eigenvalue weighted by Gasteiger charge is -2.30. The fourth-order valence-corrected chi connectivity index (χ4v) is 3.44. The first kappa shape index (κ1) is 15.9. The molecule has 0 spiro atoms. The molecule has 1 saturated carbocycles. The molecule has 3 rings (SSSR count). The van der Waals surface area contributed by atoms with Gasteiger partial charge in [0, 0.05) is 16.8 Å². The minimum Gasteiger partial charge on any atom is -0.354 e. The largest absolute Gasteiger partial charge is 0.354 e. The summed E-state index contributed by atoms with van der Waals surface area (Å²) < 4.78 is 0. The van der Waals surface area contributed by atoms with Crippen LogP contribution < -0.4 is 10.6 Å². The highest BCUT2D eigenvalue weighted by atomic mass is 35.5. The Morgan fingerprint density at radius 2 is 1.70 bits per heavy atom. The maximum atomic E-state index is 8.08. The van der Waals surface area contributed by atoms with Crippen molar-refractivity contribution in [3.8, 4) is 0 Å². The van der Waals surface area contributed by atoms with Crippen LogP contribution in [0.4, 0.5) is 5.69 Å². The van der Waals surface area contributed by atoms with E-state index in [0.717, 1.165) is 18.5 Å². The molecule has 0 atom stereocenters. The molecule has 0 radical (unpaired) electrons. The SMILES string of the molecule is N=C(Nc1cccc(Cl)c1)NC1CCC(c2ccccc2)CC1. The molecule has 2 aromatic rings. The average Bonchev–Trinajstić information content (AvgIpc) is 2.56. The number of nitrogens with one attached hydrogen (secondary N) is 3. The fraction of sp³-hybridized carbons (Fsp3) is 0.316. The molecule has 1 aliphatic carbocycles. The van der Waals surface area contributed by atoms with Gasteiger partial charge in [-0.3, -0.25) is 5.41 Å². The van der Waals surface area contributed by atoms with Crippen LogP contribution in [0.15, 0.2) is 54.6 Å². The summed E-state index contributed by atoms with van der Waals surface area (Å²) in [5.74, 6) is 1.000. The van der Waals surface area contributed by atoms with E-state index in [2.05, 4.69) is 41.0 Å². The van der Waals surface area contributed by atoms with Crippen LogP contribution in [0.2, 0.25) is 5.02 Å². The fourth-order valence-electron chi connectivity index (χ4n) is 3.25. The zero-order valence-corrected chi connectivity index (χ0v) is 13.8. The Kier molecular flexibility index (Phi) is 5.19. The molecular weight excluding hydrogens is 306 g/mol. The summed E-state index contributed by atoms with van der Waals surface area (Å²) in [6.45, 7) is 0. The summed E-state index contributed by atoms with van der Waals surface area (Å²) >= 11 is 5.96. The van der Waals surface area contributed by atoms with E-state index in [0.29, 0.717) is 22.9 Å². The van der Waals surface area contributed by atoms with E-state index >= 15 is 0 Å². The molecule has 0 unspecified atom stereocenters. The minimum atomic E-state index is 0.343. The predicted octanol–water partition coefficient (Wildman–Crippen LogP) is 5.00. The van der Waals surface area contributed by atoms with Crippen LogP contribution in [0.3, 0.4) is 0 Å². The zero-order valence-electron chi connectivity index (χ0n) is 13.1. The number of hydrogen-bond acceptors (Lipinski definition) is 1. The van der Waals surface area contributed by atoms with Crippen molar-refractivity contribution in [3.63, 3.8) is 0 Å². The number of anilines is 1. The summed E-state index contributed by atoms with van der Waals surface area (Å²) in [4.78, 5) is 0. The molecule has 1 fully saturated rings. The molecule has 2 aromatic carbocycles. The molecular formula is C19H22ClN3. The highest BCUT2D eigenvalue weighted by molar-refractivity contribution is 6.30. The molecule has 0 amide bonds. The van der Waals surface area contributed by atoms with Crippen molar-refractivity contribution in [2.24, 2.45) is 0 Å². The van der Waals surface area contributed by atoms with Gasteiger partial charge in [-0.15, -0.1) is 0 Å². The molecule has 23 heavy (non-hydrogen) atoms. The molecule has 1 aliphatic rings. The number of guanidine groups is 1. The molecule has 0 heterocycles. The van der Waals surface area contributed by atoms with Gasteiger partial charge in [0.15, 0.2) is 5.96 Å². The second-order valence-corrected chi connectivity index (χ2v) is 6.55. The average molecular weight is 328 g/mol. The molecule has 4 heteroatoms. The predicted molar refractivity (Wildman–Crippen MR) is 97.4 cm³/mol. The zero-order chi connectivity index (χ0) is 16.1. The van der Waals surface area contributed by atoms with E-state index in [1.54, 1.807) is 0 Å². The van der Waals surface area contributed by atoms with E-state index in [9.17, 15) is 0 Å². The summed E-state index contributed by atoms with van der Waals surface area (Å²) in [6, 6.07) is 18.6. The Morgan fingerprint density at radius 1 is 0.957 bits per heavy atom. The molecule has 0 aliphatic heterocycles. The Morgan fingerprint density at radius 3 is 2.39 bits per heavy atom. The second-order valence-electron chi connectivity index (χ2n) is 6.11. The summed E-state index contributed by atoms with van der Waals surface area (Å²) in [5, 5.41) is 15.1. The van der Waals surface area contributed by atoms with Crippen LogP contribution in [-0.2, 0) is 0 Å². The van der Waals surface area contributed by atoms with Crippen LogP contribution in [-0.4, -0.2) is 12.0 Å². The van der Waals surface area contributed by atoms with Crippen molar-refractivity contribution in [1.82, 2.24) is 5.32 Å². The van der Waals surface area contributed by atoms with Crippen molar-refractivity contribution in [2.45, 2.75) is 37.6 Å².